The number of nitrogens with zero attached hydrogens (tertiary/aromatic N) is 2. The molecule has 0 aromatic carbocycles. The Morgan fingerprint density at radius 1 is 1.33 bits per heavy atom. The maximum Gasteiger partial charge on any atom is 0.325 e. The minimum atomic E-state index is -0.556. The minimum absolute atomic E-state index is 0.164. The van der Waals surface area contributed by atoms with Gasteiger partial charge in [-0.1, -0.05) is 0 Å². The van der Waals surface area contributed by atoms with Gasteiger partial charge in [0.25, 0.3) is 0 Å². The number of esters is 1. The van der Waals surface area contributed by atoms with Gasteiger partial charge in [0, 0.05) is 12.6 Å². The second-order valence-corrected chi connectivity index (χ2v) is 6.66. The van der Waals surface area contributed by atoms with Crippen molar-refractivity contribution in [2.24, 2.45) is 0 Å². The minimum Gasteiger partial charge on any atom is -0.468 e. The number of rotatable bonds is 6. The molecule has 0 aliphatic carbocycles. The van der Waals surface area contributed by atoms with Crippen molar-refractivity contribution in [2.75, 3.05) is 46.9 Å². The van der Waals surface area contributed by atoms with Gasteiger partial charge in [-0.3, -0.25) is 9.69 Å². The van der Waals surface area contributed by atoms with E-state index in [-0.39, 0.29) is 5.97 Å². The van der Waals surface area contributed by atoms with E-state index in [1.165, 1.54) is 52.6 Å². The lowest BCUT2D eigenvalue weighted by atomic mass is 9.96. The smallest absolute Gasteiger partial charge is 0.325 e. The van der Waals surface area contributed by atoms with Crippen LogP contribution >= 0.6 is 0 Å². The van der Waals surface area contributed by atoms with Crippen molar-refractivity contribution in [3.8, 4) is 0 Å². The molecule has 0 spiro atoms. The molecule has 0 amide bonds. The van der Waals surface area contributed by atoms with Gasteiger partial charge in [-0.05, 0) is 72.3 Å². The highest BCUT2D eigenvalue weighted by Crippen LogP contribution is 2.22. The first-order chi connectivity index (χ1) is 10.1. The van der Waals surface area contributed by atoms with Gasteiger partial charge < -0.3 is 15.0 Å². The number of nitrogens with one attached hydrogen (secondary N) is 1. The number of ether oxygens (including phenoxy) is 1. The number of methoxy groups -OCH3 is 1. The number of fused-ring (bicyclic) bond motifs is 1. The van der Waals surface area contributed by atoms with E-state index in [0.717, 1.165) is 25.4 Å². The van der Waals surface area contributed by atoms with Gasteiger partial charge >= 0.3 is 5.97 Å². The lowest BCUT2D eigenvalue weighted by molar-refractivity contribution is -0.148. The Balaban J connectivity index is 1.78. The van der Waals surface area contributed by atoms with Gasteiger partial charge in [0.1, 0.15) is 5.54 Å². The molecule has 0 aromatic heterocycles. The molecule has 2 unspecified atom stereocenters. The molecule has 2 aliphatic heterocycles. The standard InChI is InChI=1S/C16H31N3O2/c1-16(17-2,15(20)21-3)8-5-9-18-10-6-12-19-11-4-7-14(19)13-18/h14,17H,4-13H2,1-3H3. The monoisotopic (exact) mass is 297 g/mol. The van der Waals surface area contributed by atoms with Crippen molar-refractivity contribution in [3.63, 3.8) is 0 Å². The molecule has 2 saturated heterocycles. The SMILES string of the molecule is CNC(C)(CCCN1CCCN2CCCC2C1)C(=O)OC. The van der Waals surface area contributed by atoms with Crippen molar-refractivity contribution >= 4 is 5.97 Å². The fraction of sp³-hybridized carbons (Fsp3) is 0.938. The van der Waals surface area contributed by atoms with Crippen LogP contribution in [0.15, 0.2) is 0 Å². The Bertz CT molecular complexity index is 350. The van der Waals surface area contributed by atoms with Gasteiger partial charge in [-0.2, -0.15) is 0 Å². The third-order valence-electron chi connectivity index (χ3n) is 5.23. The first kappa shape index (κ1) is 16.7. The highest BCUT2D eigenvalue weighted by atomic mass is 16.5. The van der Waals surface area contributed by atoms with E-state index in [4.69, 9.17) is 4.74 Å². The fourth-order valence-corrected chi connectivity index (χ4v) is 3.70. The lowest BCUT2D eigenvalue weighted by Crippen LogP contribution is -2.48. The van der Waals surface area contributed by atoms with Crippen LogP contribution in [0.3, 0.4) is 0 Å². The molecule has 2 aliphatic rings. The molecule has 21 heavy (non-hydrogen) atoms. The second-order valence-electron chi connectivity index (χ2n) is 6.66. The zero-order valence-corrected chi connectivity index (χ0v) is 13.9. The second kappa shape index (κ2) is 7.56. The molecule has 2 heterocycles. The molecule has 2 atom stereocenters. The van der Waals surface area contributed by atoms with Gasteiger partial charge in [0.2, 0.25) is 0 Å². The Kier molecular flexibility index (Phi) is 6.02. The molecular weight excluding hydrogens is 266 g/mol. The average Bonchev–Trinajstić information content (AvgIpc) is 2.84. The molecule has 5 nitrogen and oxygen atoms in total. The first-order valence-electron chi connectivity index (χ1n) is 8.33. The van der Waals surface area contributed by atoms with Crippen LogP contribution in [0.25, 0.3) is 0 Å². The molecule has 0 bridgehead atoms. The topological polar surface area (TPSA) is 44.8 Å². The van der Waals surface area contributed by atoms with Gasteiger partial charge in [0.15, 0.2) is 0 Å². The number of carbonyl (C=O) groups is 1. The summed E-state index contributed by atoms with van der Waals surface area (Å²) in [5.74, 6) is -0.164. The summed E-state index contributed by atoms with van der Waals surface area (Å²) in [4.78, 5) is 17.1. The van der Waals surface area contributed by atoms with Crippen LogP contribution in [0.4, 0.5) is 0 Å². The van der Waals surface area contributed by atoms with Crippen molar-refractivity contribution in [3.05, 3.63) is 0 Å². The van der Waals surface area contributed by atoms with E-state index in [0.29, 0.717) is 0 Å². The summed E-state index contributed by atoms with van der Waals surface area (Å²) < 4.78 is 4.90. The summed E-state index contributed by atoms with van der Waals surface area (Å²) in [5.41, 5.74) is -0.556. The summed E-state index contributed by atoms with van der Waals surface area (Å²) in [6.07, 6.45) is 5.84. The van der Waals surface area contributed by atoms with Crippen molar-refractivity contribution < 1.29 is 9.53 Å². The van der Waals surface area contributed by atoms with E-state index in [9.17, 15) is 4.79 Å². The van der Waals surface area contributed by atoms with Crippen molar-refractivity contribution in [1.29, 1.82) is 0 Å². The van der Waals surface area contributed by atoms with Crippen molar-refractivity contribution in [2.45, 2.75) is 50.6 Å². The normalized spacial score (nSPS) is 26.9. The quantitative estimate of drug-likeness (QED) is 0.744. The average molecular weight is 297 g/mol. The molecule has 2 fully saturated rings. The van der Waals surface area contributed by atoms with Gasteiger partial charge in [0.05, 0.1) is 7.11 Å². The van der Waals surface area contributed by atoms with E-state index >= 15 is 0 Å². The molecule has 122 valence electrons. The third-order valence-corrected chi connectivity index (χ3v) is 5.23. The van der Waals surface area contributed by atoms with Crippen LogP contribution < -0.4 is 5.32 Å². The third kappa shape index (κ3) is 4.18. The summed E-state index contributed by atoms with van der Waals surface area (Å²) in [6.45, 7) is 7.96. The highest BCUT2D eigenvalue weighted by molar-refractivity contribution is 5.80. The van der Waals surface area contributed by atoms with E-state index in [1.54, 1.807) is 0 Å². The number of carbonyl (C=O) groups excluding carboxylic acids is 1. The zero-order chi connectivity index (χ0) is 15.3. The lowest BCUT2D eigenvalue weighted by Gasteiger charge is -2.29. The van der Waals surface area contributed by atoms with Crippen LogP contribution in [0, 0.1) is 0 Å². The summed E-state index contributed by atoms with van der Waals surface area (Å²) in [7, 11) is 3.29. The van der Waals surface area contributed by atoms with E-state index in [1.807, 2.05) is 14.0 Å². The predicted octanol–water partition coefficient (Wildman–Crippen LogP) is 1.09. The summed E-state index contributed by atoms with van der Waals surface area (Å²) >= 11 is 0. The zero-order valence-electron chi connectivity index (χ0n) is 13.9. The number of hydrogen-bond acceptors (Lipinski definition) is 5. The molecule has 1 N–H and O–H groups in total. The molecule has 0 radical (unpaired) electrons. The molecule has 2 rings (SSSR count). The van der Waals surface area contributed by atoms with Crippen LogP contribution in [0.2, 0.25) is 0 Å². The fourth-order valence-electron chi connectivity index (χ4n) is 3.70. The Morgan fingerprint density at radius 3 is 2.81 bits per heavy atom. The Hall–Kier alpha value is -0.650. The predicted molar refractivity (Wildman–Crippen MR) is 84.4 cm³/mol. The Labute approximate surface area is 129 Å². The molecule has 0 aromatic rings. The van der Waals surface area contributed by atoms with Gasteiger partial charge in [-0.25, -0.2) is 0 Å². The van der Waals surface area contributed by atoms with E-state index in [2.05, 4.69) is 15.1 Å². The molecular formula is C16H31N3O2. The first-order valence-corrected chi connectivity index (χ1v) is 8.33. The van der Waals surface area contributed by atoms with Crippen LogP contribution in [0.5, 0.6) is 0 Å². The van der Waals surface area contributed by atoms with Crippen LogP contribution in [-0.4, -0.2) is 74.2 Å². The summed E-state index contributed by atoms with van der Waals surface area (Å²) in [5, 5.41) is 3.11. The highest BCUT2D eigenvalue weighted by Gasteiger charge is 2.33. The summed E-state index contributed by atoms with van der Waals surface area (Å²) in [6, 6.07) is 0.767. The number of hydrogen-bond donors (Lipinski definition) is 1. The Morgan fingerprint density at radius 2 is 2.10 bits per heavy atom. The van der Waals surface area contributed by atoms with Gasteiger partial charge in [-0.15, -0.1) is 0 Å². The number of likely N-dealkylation sites (N-methyl/N-ethyl adjacent to an activating group) is 1. The maximum atomic E-state index is 11.8. The largest absolute Gasteiger partial charge is 0.468 e. The van der Waals surface area contributed by atoms with Crippen molar-refractivity contribution in [1.82, 2.24) is 15.1 Å². The van der Waals surface area contributed by atoms with Crippen LogP contribution in [-0.2, 0) is 9.53 Å². The maximum absolute atomic E-state index is 11.8. The van der Waals surface area contributed by atoms with Crippen LogP contribution in [0.1, 0.15) is 39.0 Å². The van der Waals surface area contributed by atoms with E-state index < -0.39 is 5.54 Å². The molecule has 5 heteroatoms. The molecule has 0 saturated carbocycles.